The van der Waals surface area contributed by atoms with Gasteiger partial charge in [0.05, 0.1) is 11.1 Å². The predicted octanol–water partition coefficient (Wildman–Crippen LogP) is 4.42. The van der Waals surface area contributed by atoms with E-state index in [1.807, 2.05) is 0 Å². The molecule has 4 rings (SSSR count). The summed E-state index contributed by atoms with van der Waals surface area (Å²) in [6.07, 6.45) is 7.67. The number of rotatable bonds is 7. The first-order valence-electron chi connectivity index (χ1n) is 11.0. The second kappa shape index (κ2) is 8.10. The van der Waals surface area contributed by atoms with Gasteiger partial charge in [-0.1, -0.05) is 52.0 Å². The Morgan fingerprint density at radius 3 is 1.83 bits per heavy atom. The number of unbranched alkanes of at least 4 members (excludes halogenated alkanes) is 4. The monoisotopic (exact) mass is 402 g/mol. The lowest BCUT2D eigenvalue weighted by Crippen LogP contribution is -2.39. The molecule has 0 heterocycles. The van der Waals surface area contributed by atoms with Gasteiger partial charge in [-0.25, -0.2) is 0 Å². The molecular weight excluding hydrogens is 376 g/mol. The summed E-state index contributed by atoms with van der Waals surface area (Å²) in [6.45, 7) is 4.14. The van der Waals surface area contributed by atoms with Gasteiger partial charge in [-0.2, -0.15) is 0 Å². The van der Waals surface area contributed by atoms with Crippen LogP contribution in [0.5, 0.6) is 0 Å². The minimum atomic E-state index is -0.664. The largest absolute Gasteiger partial charge is 0.293 e. The molecule has 0 spiro atoms. The van der Waals surface area contributed by atoms with Crippen LogP contribution in [-0.2, 0) is 0 Å². The molecule has 3 aromatic rings. The van der Waals surface area contributed by atoms with Crippen molar-refractivity contribution in [2.75, 3.05) is 0 Å². The van der Waals surface area contributed by atoms with E-state index < -0.39 is 5.92 Å². The maximum atomic E-state index is 13.1. The molecule has 0 bridgehead atoms. The maximum absolute atomic E-state index is 13.1. The zero-order chi connectivity index (χ0) is 21.4. The molecule has 0 saturated carbocycles. The first-order valence-corrected chi connectivity index (χ1v) is 11.0. The van der Waals surface area contributed by atoms with Gasteiger partial charge in [0.15, 0.2) is 22.4 Å². The highest BCUT2D eigenvalue weighted by molar-refractivity contribution is 6.32. The second-order valence-corrected chi connectivity index (χ2v) is 8.27. The normalized spacial score (nSPS) is 14.2. The van der Waals surface area contributed by atoms with E-state index in [0.717, 1.165) is 32.1 Å². The van der Waals surface area contributed by atoms with E-state index in [4.69, 9.17) is 0 Å². The Morgan fingerprint density at radius 1 is 0.733 bits per heavy atom. The molecule has 0 unspecified atom stereocenters. The number of carbonyl (C=O) groups is 2. The fourth-order valence-corrected chi connectivity index (χ4v) is 4.67. The Kier molecular flexibility index (Phi) is 5.50. The highest BCUT2D eigenvalue weighted by atomic mass is 16.2. The summed E-state index contributed by atoms with van der Waals surface area (Å²) in [6, 6.07) is 6.65. The van der Waals surface area contributed by atoms with Crippen molar-refractivity contribution >= 4 is 39.2 Å². The summed E-state index contributed by atoms with van der Waals surface area (Å²) in [5, 5.41) is 1.99. The van der Waals surface area contributed by atoms with Gasteiger partial charge in [-0.3, -0.25) is 19.2 Å². The van der Waals surface area contributed by atoms with Crippen LogP contribution < -0.4 is 16.1 Å². The molecular formula is C26H26O4. The van der Waals surface area contributed by atoms with Gasteiger partial charge in [-0.05, 0) is 37.1 Å². The molecule has 30 heavy (non-hydrogen) atoms. The third-order valence-corrected chi connectivity index (χ3v) is 6.31. The second-order valence-electron chi connectivity index (χ2n) is 8.27. The summed E-state index contributed by atoms with van der Waals surface area (Å²) in [5.74, 6) is -1.03. The predicted molar refractivity (Wildman–Crippen MR) is 121 cm³/mol. The highest BCUT2D eigenvalue weighted by Crippen LogP contribution is 2.37. The number of ketones is 2. The Bertz CT molecular complexity index is 1230. The van der Waals surface area contributed by atoms with Crippen LogP contribution in [0, 0.1) is 5.92 Å². The molecule has 0 radical (unpaired) electrons. The molecule has 1 aliphatic carbocycles. The average molecular weight is 402 g/mol. The third-order valence-electron chi connectivity index (χ3n) is 6.31. The molecule has 1 aliphatic rings. The summed E-state index contributed by atoms with van der Waals surface area (Å²) in [5.41, 5.74) is 0.311. The van der Waals surface area contributed by atoms with E-state index in [0.29, 0.717) is 45.5 Å². The molecule has 0 aromatic heterocycles. The topological polar surface area (TPSA) is 68.3 Å². The van der Waals surface area contributed by atoms with E-state index in [-0.39, 0.29) is 27.6 Å². The van der Waals surface area contributed by atoms with E-state index in [1.165, 1.54) is 0 Å². The van der Waals surface area contributed by atoms with Crippen molar-refractivity contribution in [2.24, 2.45) is 5.92 Å². The van der Waals surface area contributed by atoms with Crippen molar-refractivity contribution in [3.63, 3.8) is 0 Å². The summed E-state index contributed by atoms with van der Waals surface area (Å²) >= 11 is 0. The zero-order valence-electron chi connectivity index (χ0n) is 17.5. The van der Waals surface area contributed by atoms with Gasteiger partial charge in [0, 0.05) is 32.7 Å². The number of Topliss-reactive ketones (excluding diaryl/α,β-unsaturated/α-hetero) is 2. The zero-order valence-corrected chi connectivity index (χ0v) is 17.5. The van der Waals surface area contributed by atoms with Crippen LogP contribution in [0.4, 0.5) is 0 Å². The smallest absolute Gasteiger partial charge is 0.197 e. The molecule has 4 nitrogen and oxygen atoms in total. The Hall–Kier alpha value is -2.88. The van der Waals surface area contributed by atoms with Crippen LogP contribution in [0.1, 0.15) is 79.5 Å². The number of carbonyl (C=O) groups excluding carboxylic acids is 2. The van der Waals surface area contributed by atoms with Crippen molar-refractivity contribution in [1.29, 1.82) is 0 Å². The fraction of sp³-hybridized carbons (Fsp3) is 0.385. The standard InChI is InChI=1S/C26H26O4/c1-3-5-7-9-19-23(27)15-11-13-17-22-18(14-12-16(21(15)22)24(19)28)26(30)20(25(17)29)10-8-6-4-2/h9,11-14,20H,3-8,10H2,1-2H3. The quantitative estimate of drug-likeness (QED) is 0.433. The minimum Gasteiger partial charge on any atom is -0.293 e. The van der Waals surface area contributed by atoms with Crippen LogP contribution in [0.2, 0.25) is 0 Å². The molecule has 3 aromatic carbocycles. The van der Waals surface area contributed by atoms with Crippen molar-refractivity contribution in [3.05, 3.63) is 61.1 Å². The van der Waals surface area contributed by atoms with Crippen molar-refractivity contribution in [1.82, 2.24) is 0 Å². The lowest BCUT2D eigenvalue weighted by Gasteiger charge is -2.24. The van der Waals surface area contributed by atoms with Gasteiger partial charge in [0.1, 0.15) is 0 Å². The van der Waals surface area contributed by atoms with Crippen molar-refractivity contribution < 1.29 is 9.59 Å². The average Bonchev–Trinajstić information content (AvgIpc) is 2.75. The Morgan fingerprint density at radius 2 is 1.30 bits per heavy atom. The molecule has 154 valence electrons. The first-order chi connectivity index (χ1) is 14.5. The van der Waals surface area contributed by atoms with Crippen LogP contribution in [0.3, 0.4) is 0 Å². The fourth-order valence-electron chi connectivity index (χ4n) is 4.67. The van der Waals surface area contributed by atoms with Gasteiger partial charge in [-0.15, -0.1) is 0 Å². The summed E-state index contributed by atoms with van der Waals surface area (Å²) in [7, 11) is 0. The highest BCUT2D eigenvalue weighted by Gasteiger charge is 2.36. The first kappa shape index (κ1) is 20.4. The van der Waals surface area contributed by atoms with Gasteiger partial charge in [0.2, 0.25) is 0 Å². The third kappa shape index (κ3) is 3.06. The molecule has 0 saturated heterocycles. The number of hydrogen-bond donors (Lipinski definition) is 0. The van der Waals surface area contributed by atoms with Gasteiger partial charge in [0.25, 0.3) is 0 Å². The number of benzene rings is 3. The van der Waals surface area contributed by atoms with Crippen LogP contribution >= 0.6 is 0 Å². The maximum Gasteiger partial charge on any atom is 0.197 e. The molecule has 0 N–H and O–H groups in total. The molecule has 0 aliphatic heterocycles. The van der Waals surface area contributed by atoms with E-state index in [9.17, 15) is 19.2 Å². The van der Waals surface area contributed by atoms with Gasteiger partial charge >= 0.3 is 0 Å². The number of hydrogen-bond acceptors (Lipinski definition) is 4. The van der Waals surface area contributed by atoms with E-state index in [1.54, 1.807) is 30.3 Å². The van der Waals surface area contributed by atoms with Crippen LogP contribution in [0.15, 0.2) is 33.9 Å². The lowest BCUT2D eigenvalue weighted by molar-refractivity contribution is 0.0792. The van der Waals surface area contributed by atoms with E-state index >= 15 is 0 Å². The molecule has 0 atom stereocenters. The molecule has 0 amide bonds. The summed E-state index contributed by atoms with van der Waals surface area (Å²) < 4.78 is 0. The van der Waals surface area contributed by atoms with E-state index in [2.05, 4.69) is 13.8 Å². The Balaban J connectivity index is 1.98. The van der Waals surface area contributed by atoms with Crippen LogP contribution in [-0.4, -0.2) is 11.6 Å². The van der Waals surface area contributed by atoms with Crippen molar-refractivity contribution in [3.8, 4) is 0 Å². The van der Waals surface area contributed by atoms with Crippen LogP contribution in [0.25, 0.3) is 27.6 Å². The minimum absolute atomic E-state index is 0.184. The lowest BCUT2D eigenvalue weighted by atomic mass is 9.76. The summed E-state index contributed by atoms with van der Waals surface area (Å²) in [4.78, 5) is 52.4. The molecule has 0 fully saturated rings. The SMILES string of the molecule is CCCCC=c1c(=O)c2ccc3c4c(ccc(c1=O)c42)C(=O)C(CCCCC)C3=O. The Labute approximate surface area is 174 Å². The van der Waals surface area contributed by atoms with Crippen molar-refractivity contribution in [2.45, 2.75) is 58.8 Å². The molecule has 4 heteroatoms. The van der Waals surface area contributed by atoms with Gasteiger partial charge < -0.3 is 0 Å².